The predicted octanol–water partition coefficient (Wildman–Crippen LogP) is 2.59. The second kappa shape index (κ2) is 6.38. The zero-order chi connectivity index (χ0) is 13.7. The number of pyridine rings is 1. The molecule has 0 fully saturated rings. The SMILES string of the molecule is CCC(N)Cc1cccnc1N(C)Cc1ccoc1. The lowest BCUT2D eigenvalue weighted by Crippen LogP contribution is -2.24. The third-order valence-electron chi connectivity index (χ3n) is 3.24. The standard InChI is InChI=1S/C15H21N3O/c1-3-14(16)9-13-5-4-7-17-15(13)18(2)10-12-6-8-19-11-12/h4-8,11,14H,3,9-10,16H2,1-2H3. The smallest absolute Gasteiger partial charge is 0.131 e. The van der Waals surface area contributed by atoms with Crippen molar-refractivity contribution in [2.45, 2.75) is 32.4 Å². The van der Waals surface area contributed by atoms with E-state index in [1.807, 2.05) is 25.4 Å². The molecule has 0 aliphatic heterocycles. The van der Waals surface area contributed by atoms with E-state index in [2.05, 4.69) is 22.9 Å². The molecule has 1 unspecified atom stereocenters. The minimum Gasteiger partial charge on any atom is -0.472 e. The Bertz CT molecular complexity index is 496. The van der Waals surface area contributed by atoms with Gasteiger partial charge in [-0.15, -0.1) is 0 Å². The average molecular weight is 259 g/mol. The summed E-state index contributed by atoms with van der Waals surface area (Å²) in [6.45, 7) is 2.89. The summed E-state index contributed by atoms with van der Waals surface area (Å²) in [6.07, 6.45) is 7.10. The largest absolute Gasteiger partial charge is 0.472 e. The second-order valence-corrected chi connectivity index (χ2v) is 4.85. The molecular weight excluding hydrogens is 238 g/mol. The Balaban J connectivity index is 2.14. The van der Waals surface area contributed by atoms with Crippen LogP contribution in [0.3, 0.4) is 0 Å². The van der Waals surface area contributed by atoms with Crippen molar-refractivity contribution in [2.75, 3.05) is 11.9 Å². The van der Waals surface area contributed by atoms with Crippen LogP contribution in [-0.2, 0) is 13.0 Å². The highest BCUT2D eigenvalue weighted by Gasteiger charge is 2.12. The third kappa shape index (κ3) is 3.58. The molecule has 0 aliphatic rings. The van der Waals surface area contributed by atoms with Gasteiger partial charge < -0.3 is 15.1 Å². The van der Waals surface area contributed by atoms with Crippen molar-refractivity contribution in [1.29, 1.82) is 0 Å². The lowest BCUT2D eigenvalue weighted by molar-refractivity contribution is 0.563. The molecule has 2 rings (SSSR count). The molecule has 0 saturated carbocycles. The van der Waals surface area contributed by atoms with E-state index in [1.54, 1.807) is 12.5 Å². The van der Waals surface area contributed by atoms with Crippen LogP contribution in [0.1, 0.15) is 24.5 Å². The summed E-state index contributed by atoms with van der Waals surface area (Å²) in [7, 11) is 2.04. The van der Waals surface area contributed by atoms with E-state index in [1.165, 1.54) is 5.56 Å². The van der Waals surface area contributed by atoms with Crippen LogP contribution in [0.5, 0.6) is 0 Å². The van der Waals surface area contributed by atoms with Gasteiger partial charge in [-0.25, -0.2) is 4.98 Å². The van der Waals surface area contributed by atoms with E-state index in [0.717, 1.165) is 30.8 Å². The topological polar surface area (TPSA) is 55.3 Å². The minimum atomic E-state index is 0.185. The fourth-order valence-corrected chi connectivity index (χ4v) is 2.09. The summed E-state index contributed by atoms with van der Waals surface area (Å²) in [5, 5.41) is 0. The van der Waals surface area contributed by atoms with E-state index < -0.39 is 0 Å². The summed E-state index contributed by atoms with van der Waals surface area (Å²) >= 11 is 0. The maximum atomic E-state index is 6.05. The highest BCUT2D eigenvalue weighted by atomic mass is 16.3. The molecule has 0 bridgehead atoms. The quantitative estimate of drug-likeness (QED) is 0.866. The zero-order valence-electron chi connectivity index (χ0n) is 11.5. The van der Waals surface area contributed by atoms with E-state index in [-0.39, 0.29) is 6.04 Å². The van der Waals surface area contributed by atoms with Crippen LogP contribution in [0, 0.1) is 0 Å². The van der Waals surface area contributed by atoms with Crippen LogP contribution < -0.4 is 10.6 Å². The van der Waals surface area contributed by atoms with Gasteiger partial charge in [0.2, 0.25) is 0 Å². The van der Waals surface area contributed by atoms with Crippen molar-refractivity contribution in [3.63, 3.8) is 0 Å². The Hall–Kier alpha value is -1.81. The van der Waals surface area contributed by atoms with E-state index in [4.69, 9.17) is 10.2 Å². The van der Waals surface area contributed by atoms with Crippen LogP contribution in [0.15, 0.2) is 41.3 Å². The monoisotopic (exact) mass is 259 g/mol. The molecule has 0 radical (unpaired) electrons. The van der Waals surface area contributed by atoms with Crippen LogP contribution in [0.25, 0.3) is 0 Å². The van der Waals surface area contributed by atoms with Crippen molar-refractivity contribution in [2.24, 2.45) is 5.73 Å². The Morgan fingerprint density at radius 1 is 1.42 bits per heavy atom. The lowest BCUT2D eigenvalue weighted by atomic mass is 10.1. The molecular formula is C15H21N3O. The molecule has 102 valence electrons. The molecule has 2 heterocycles. The number of anilines is 1. The summed E-state index contributed by atoms with van der Waals surface area (Å²) < 4.78 is 5.10. The van der Waals surface area contributed by atoms with Crippen molar-refractivity contribution in [3.8, 4) is 0 Å². The van der Waals surface area contributed by atoms with Gasteiger partial charge in [-0.3, -0.25) is 0 Å². The van der Waals surface area contributed by atoms with E-state index in [0.29, 0.717) is 0 Å². The summed E-state index contributed by atoms with van der Waals surface area (Å²) in [5.74, 6) is 0.993. The second-order valence-electron chi connectivity index (χ2n) is 4.85. The normalized spacial score (nSPS) is 12.4. The Morgan fingerprint density at radius 3 is 2.95 bits per heavy atom. The Labute approximate surface area is 114 Å². The maximum Gasteiger partial charge on any atom is 0.131 e. The van der Waals surface area contributed by atoms with Crippen molar-refractivity contribution < 1.29 is 4.42 Å². The van der Waals surface area contributed by atoms with Crippen molar-refractivity contribution in [3.05, 3.63) is 48.0 Å². The summed E-state index contributed by atoms with van der Waals surface area (Å²) in [6, 6.07) is 6.22. The Kier molecular flexibility index (Phi) is 4.58. The average Bonchev–Trinajstić information content (AvgIpc) is 2.92. The first-order valence-corrected chi connectivity index (χ1v) is 6.62. The number of aromatic nitrogens is 1. The van der Waals surface area contributed by atoms with Crippen molar-refractivity contribution >= 4 is 5.82 Å². The van der Waals surface area contributed by atoms with Crippen LogP contribution in [-0.4, -0.2) is 18.1 Å². The summed E-state index contributed by atoms with van der Waals surface area (Å²) in [5.41, 5.74) is 8.38. The molecule has 2 aromatic heterocycles. The highest BCUT2D eigenvalue weighted by molar-refractivity contribution is 5.46. The first-order valence-electron chi connectivity index (χ1n) is 6.62. The molecule has 0 aromatic carbocycles. The van der Waals surface area contributed by atoms with Gasteiger partial charge in [-0.1, -0.05) is 13.0 Å². The Morgan fingerprint density at radius 2 is 2.26 bits per heavy atom. The highest BCUT2D eigenvalue weighted by Crippen LogP contribution is 2.19. The number of hydrogen-bond donors (Lipinski definition) is 1. The number of rotatable bonds is 6. The van der Waals surface area contributed by atoms with E-state index >= 15 is 0 Å². The molecule has 2 aromatic rings. The van der Waals surface area contributed by atoms with Gasteiger partial charge >= 0.3 is 0 Å². The first-order chi connectivity index (χ1) is 9.20. The molecule has 2 N–H and O–H groups in total. The molecule has 0 aliphatic carbocycles. The number of nitrogens with zero attached hydrogens (tertiary/aromatic N) is 2. The van der Waals surface area contributed by atoms with Crippen LogP contribution in [0.4, 0.5) is 5.82 Å². The molecule has 19 heavy (non-hydrogen) atoms. The van der Waals surface area contributed by atoms with Gasteiger partial charge in [-0.2, -0.15) is 0 Å². The van der Waals surface area contributed by atoms with Crippen LogP contribution in [0.2, 0.25) is 0 Å². The van der Waals surface area contributed by atoms with Crippen LogP contribution >= 0.6 is 0 Å². The first kappa shape index (κ1) is 13.6. The lowest BCUT2D eigenvalue weighted by Gasteiger charge is -2.21. The van der Waals surface area contributed by atoms with Crippen molar-refractivity contribution in [1.82, 2.24) is 4.98 Å². The van der Waals surface area contributed by atoms with Gasteiger partial charge in [0.05, 0.1) is 12.5 Å². The third-order valence-corrected chi connectivity index (χ3v) is 3.24. The molecule has 0 spiro atoms. The van der Waals surface area contributed by atoms with Gasteiger partial charge in [-0.05, 0) is 30.5 Å². The number of nitrogens with two attached hydrogens (primary N) is 1. The zero-order valence-corrected chi connectivity index (χ0v) is 11.5. The number of hydrogen-bond acceptors (Lipinski definition) is 4. The minimum absolute atomic E-state index is 0.185. The molecule has 1 atom stereocenters. The molecule has 0 saturated heterocycles. The van der Waals surface area contributed by atoms with Gasteiger partial charge in [0.25, 0.3) is 0 Å². The maximum absolute atomic E-state index is 6.05. The fourth-order valence-electron chi connectivity index (χ4n) is 2.09. The number of furan rings is 1. The fraction of sp³-hybridized carbons (Fsp3) is 0.400. The molecule has 0 amide bonds. The van der Waals surface area contributed by atoms with Gasteiger partial charge in [0.15, 0.2) is 0 Å². The van der Waals surface area contributed by atoms with Gasteiger partial charge in [0.1, 0.15) is 5.82 Å². The molecule has 4 heteroatoms. The molecule has 4 nitrogen and oxygen atoms in total. The van der Waals surface area contributed by atoms with E-state index in [9.17, 15) is 0 Å². The summed E-state index contributed by atoms with van der Waals surface area (Å²) in [4.78, 5) is 6.61. The van der Waals surface area contributed by atoms with Gasteiger partial charge in [0, 0.05) is 31.4 Å². The predicted molar refractivity (Wildman–Crippen MR) is 77.0 cm³/mol.